The van der Waals surface area contributed by atoms with Crippen LogP contribution in [0.2, 0.25) is 0 Å². The molecule has 5 nitrogen and oxygen atoms in total. The summed E-state index contributed by atoms with van der Waals surface area (Å²) in [6.07, 6.45) is 5.37. The third-order valence-electron chi connectivity index (χ3n) is 2.48. The number of aromatic nitrogens is 3. The maximum Gasteiger partial charge on any atom is 0.123 e. The van der Waals surface area contributed by atoms with Crippen LogP contribution in [0.25, 0.3) is 11.3 Å². The molecule has 0 bridgehead atoms. The van der Waals surface area contributed by atoms with Gasteiger partial charge in [-0.3, -0.25) is 0 Å². The Kier molecular flexibility index (Phi) is 3.72. The lowest BCUT2D eigenvalue weighted by Gasteiger charge is -2.08. The topological polar surface area (TPSA) is 66.0 Å². The molecule has 0 spiro atoms. The van der Waals surface area contributed by atoms with Crippen molar-refractivity contribution in [1.82, 2.24) is 14.5 Å². The van der Waals surface area contributed by atoms with E-state index < -0.39 is 0 Å². The van der Waals surface area contributed by atoms with E-state index in [-0.39, 0.29) is 0 Å². The monoisotopic (exact) mass is 232 g/mol. The van der Waals surface area contributed by atoms with Gasteiger partial charge >= 0.3 is 0 Å². The van der Waals surface area contributed by atoms with Gasteiger partial charge in [-0.2, -0.15) is 0 Å². The molecule has 5 heteroatoms. The third kappa shape index (κ3) is 2.82. The highest BCUT2D eigenvalue weighted by atomic mass is 16.5. The number of nitrogens with zero attached hydrogens (tertiary/aromatic N) is 3. The normalized spacial score (nSPS) is 10.6. The molecule has 0 aliphatic carbocycles. The number of hydrogen-bond donors (Lipinski definition) is 1. The van der Waals surface area contributed by atoms with Gasteiger partial charge in [-0.25, -0.2) is 9.97 Å². The zero-order valence-electron chi connectivity index (χ0n) is 9.84. The molecule has 17 heavy (non-hydrogen) atoms. The smallest absolute Gasteiger partial charge is 0.123 e. The Morgan fingerprint density at radius 3 is 2.94 bits per heavy atom. The van der Waals surface area contributed by atoms with Gasteiger partial charge in [0.05, 0.1) is 24.8 Å². The van der Waals surface area contributed by atoms with Crippen LogP contribution in [-0.4, -0.2) is 27.7 Å². The molecule has 0 fully saturated rings. The number of imidazole rings is 1. The molecule has 0 aromatic carbocycles. The number of nitrogens with two attached hydrogens (primary N) is 1. The van der Waals surface area contributed by atoms with E-state index in [1.807, 2.05) is 23.8 Å². The lowest BCUT2D eigenvalue weighted by molar-refractivity contribution is 0.139. The number of ether oxygens (including phenoxy) is 1. The van der Waals surface area contributed by atoms with Crippen LogP contribution in [0.4, 0.5) is 5.82 Å². The van der Waals surface area contributed by atoms with Gasteiger partial charge in [0, 0.05) is 24.9 Å². The molecule has 0 unspecified atom stereocenters. The van der Waals surface area contributed by atoms with E-state index in [0.717, 1.165) is 24.4 Å². The lowest BCUT2D eigenvalue weighted by atomic mass is 10.2. The first-order valence-corrected chi connectivity index (χ1v) is 5.61. The van der Waals surface area contributed by atoms with Gasteiger partial charge in [0.25, 0.3) is 0 Å². The molecule has 0 aliphatic rings. The second-order valence-corrected chi connectivity index (χ2v) is 3.64. The molecule has 2 aromatic rings. The van der Waals surface area contributed by atoms with Crippen molar-refractivity contribution in [3.8, 4) is 11.3 Å². The fraction of sp³-hybridized carbons (Fsp3) is 0.333. The number of anilines is 1. The molecule has 2 rings (SSSR count). The predicted octanol–water partition coefficient (Wildman–Crippen LogP) is 1.56. The Balaban J connectivity index is 2.15. The van der Waals surface area contributed by atoms with Crippen LogP contribution in [0.5, 0.6) is 0 Å². The van der Waals surface area contributed by atoms with Crippen LogP contribution >= 0.6 is 0 Å². The fourth-order valence-corrected chi connectivity index (χ4v) is 1.60. The average Bonchev–Trinajstić information content (AvgIpc) is 2.79. The van der Waals surface area contributed by atoms with Gasteiger partial charge in [-0.1, -0.05) is 0 Å². The van der Waals surface area contributed by atoms with Crippen molar-refractivity contribution in [3.05, 3.63) is 30.9 Å². The van der Waals surface area contributed by atoms with E-state index in [1.54, 1.807) is 18.6 Å². The highest BCUT2D eigenvalue weighted by Crippen LogP contribution is 2.18. The Morgan fingerprint density at radius 1 is 1.35 bits per heavy atom. The molecule has 2 N–H and O–H groups in total. The van der Waals surface area contributed by atoms with E-state index in [1.165, 1.54) is 0 Å². The number of pyridine rings is 1. The lowest BCUT2D eigenvalue weighted by Crippen LogP contribution is -2.06. The quantitative estimate of drug-likeness (QED) is 0.794. The largest absolute Gasteiger partial charge is 0.384 e. The van der Waals surface area contributed by atoms with Gasteiger partial charge in [0.1, 0.15) is 5.82 Å². The Bertz CT molecular complexity index is 464. The van der Waals surface area contributed by atoms with Crippen molar-refractivity contribution in [3.63, 3.8) is 0 Å². The van der Waals surface area contributed by atoms with Crippen molar-refractivity contribution in [2.24, 2.45) is 0 Å². The van der Waals surface area contributed by atoms with Gasteiger partial charge in [0.15, 0.2) is 0 Å². The van der Waals surface area contributed by atoms with Crippen molar-refractivity contribution < 1.29 is 4.74 Å². The minimum absolute atomic E-state index is 0.522. The standard InChI is InChI=1S/C12H16N4O/c1-2-17-6-5-16-9-14-8-11(16)10-3-4-12(13)15-7-10/h3-4,7-9H,2,5-6H2,1H3,(H2,13,15). The zero-order valence-corrected chi connectivity index (χ0v) is 9.84. The number of hydrogen-bond acceptors (Lipinski definition) is 4. The first kappa shape index (κ1) is 11.6. The SMILES string of the molecule is CCOCCn1cncc1-c1ccc(N)nc1. The van der Waals surface area contributed by atoms with Crippen LogP contribution in [0.3, 0.4) is 0 Å². The molecule has 0 amide bonds. The maximum atomic E-state index is 5.56. The van der Waals surface area contributed by atoms with E-state index >= 15 is 0 Å². The van der Waals surface area contributed by atoms with Gasteiger partial charge in [-0.15, -0.1) is 0 Å². The molecular formula is C12H16N4O. The van der Waals surface area contributed by atoms with Crippen molar-refractivity contribution >= 4 is 5.82 Å². The minimum atomic E-state index is 0.522. The minimum Gasteiger partial charge on any atom is -0.384 e. The van der Waals surface area contributed by atoms with Gasteiger partial charge in [-0.05, 0) is 19.1 Å². The summed E-state index contributed by atoms with van der Waals surface area (Å²) >= 11 is 0. The summed E-state index contributed by atoms with van der Waals surface area (Å²) in [4.78, 5) is 8.23. The first-order chi connectivity index (χ1) is 8.31. The van der Waals surface area contributed by atoms with Crippen LogP contribution in [-0.2, 0) is 11.3 Å². The van der Waals surface area contributed by atoms with Crippen LogP contribution in [0.15, 0.2) is 30.9 Å². The van der Waals surface area contributed by atoms with E-state index in [2.05, 4.69) is 9.97 Å². The summed E-state index contributed by atoms with van der Waals surface area (Å²) in [6, 6.07) is 3.73. The molecular weight excluding hydrogens is 216 g/mol. The maximum absolute atomic E-state index is 5.56. The highest BCUT2D eigenvalue weighted by molar-refractivity contribution is 5.59. The molecule has 2 heterocycles. The van der Waals surface area contributed by atoms with Crippen LogP contribution < -0.4 is 5.73 Å². The Hall–Kier alpha value is -1.88. The molecule has 2 aromatic heterocycles. The van der Waals surface area contributed by atoms with Crippen molar-refractivity contribution in [2.45, 2.75) is 13.5 Å². The fourth-order valence-electron chi connectivity index (χ4n) is 1.60. The van der Waals surface area contributed by atoms with Crippen molar-refractivity contribution in [2.75, 3.05) is 18.9 Å². The summed E-state index contributed by atoms with van der Waals surface area (Å²) < 4.78 is 7.38. The third-order valence-corrected chi connectivity index (χ3v) is 2.48. The van der Waals surface area contributed by atoms with Gasteiger partial charge < -0.3 is 15.0 Å². The summed E-state index contributed by atoms with van der Waals surface area (Å²) in [7, 11) is 0. The first-order valence-electron chi connectivity index (χ1n) is 5.61. The van der Waals surface area contributed by atoms with Crippen LogP contribution in [0, 0.1) is 0 Å². The number of rotatable bonds is 5. The zero-order chi connectivity index (χ0) is 12.1. The second kappa shape index (κ2) is 5.45. The Morgan fingerprint density at radius 2 is 2.24 bits per heavy atom. The average molecular weight is 232 g/mol. The molecule has 0 radical (unpaired) electrons. The summed E-state index contributed by atoms with van der Waals surface area (Å²) in [5, 5.41) is 0. The summed E-state index contributed by atoms with van der Waals surface area (Å²) in [5.41, 5.74) is 7.60. The Labute approximate surface area is 100 Å². The molecule has 90 valence electrons. The molecule has 0 saturated heterocycles. The molecule has 0 atom stereocenters. The predicted molar refractivity (Wildman–Crippen MR) is 66.4 cm³/mol. The van der Waals surface area contributed by atoms with Crippen LogP contribution in [0.1, 0.15) is 6.92 Å². The molecule has 0 aliphatic heterocycles. The second-order valence-electron chi connectivity index (χ2n) is 3.64. The van der Waals surface area contributed by atoms with E-state index in [4.69, 9.17) is 10.5 Å². The summed E-state index contributed by atoms with van der Waals surface area (Å²) in [6.45, 7) is 4.18. The van der Waals surface area contributed by atoms with Gasteiger partial charge in [0.2, 0.25) is 0 Å². The molecule has 0 saturated carbocycles. The number of nitrogen functional groups attached to an aromatic ring is 1. The summed E-state index contributed by atoms with van der Waals surface area (Å²) in [5.74, 6) is 0.522. The van der Waals surface area contributed by atoms with E-state index in [9.17, 15) is 0 Å². The highest BCUT2D eigenvalue weighted by Gasteiger charge is 2.05. The van der Waals surface area contributed by atoms with E-state index in [0.29, 0.717) is 12.4 Å². The van der Waals surface area contributed by atoms with Crippen molar-refractivity contribution in [1.29, 1.82) is 0 Å².